The Morgan fingerprint density at radius 3 is 1.97 bits per heavy atom. The molecular weight excluding hydrogens is 414 g/mol. The summed E-state index contributed by atoms with van der Waals surface area (Å²) in [5.74, 6) is 0. The number of rotatable bonds is 8. The molecule has 2 atom stereocenters. The van der Waals surface area contributed by atoms with Crippen molar-refractivity contribution in [1.82, 2.24) is 4.90 Å². The van der Waals surface area contributed by atoms with Gasteiger partial charge in [0.2, 0.25) is 0 Å². The van der Waals surface area contributed by atoms with Crippen LogP contribution in [0.1, 0.15) is 37.3 Å². The van der Waals surface area contributed by atoms with Crippen LogP contribution in [0.4, 0.5) is 0 Å². The summed E-state index contributed by atoms with van der Waals surface area (Å²) in [7, 11) is 0. The standard InChI is InChI=1S/C13H19N3O.C13H16N2O/c1-2-16(8-11-6-4-3-5-7-11)9-12-10-17-13(14)15-12;14-12-15-11(9-16-12)8-13(6-7-13)10-4-2-1-3-5-10/h3-7,12H,2,8-10H2,1H3,(H2,14,15);1-5,11H,6-9H2,(H2,14,15)/t12-;11-/m00/s1. The third-order valence-electron chi connectivity index (χ3n) is 6.50. The number of likely N-dealkylation sites (N-methyl/N-ethyl adjacent to an activating group) is 1. The fraction of sp³-hybridized carbons (Fsp3) is 0.462. The molecule has 0 aromatic heterocycles. The van der Waals surface area contributed by atoms with Crippen molar-refractivity contribution in [2.75, 3.05) is 26.3 Å². The molecule has 3 aliphatic rings. The smallest absolute Gasteiger partial charge is 0.282 e. The monoisotopic (exact) mass is 449 g/mol. The van der Waals surface area contributed by atoms with E-state index < -0.39 is 0 Å². The van der Waals surface area contributed by atoms with Crippen molar-refractivity contribution in [2.45, 2.75) is 50.2 Å². The van der Waals surface area contributed by atoms with Crippen molar-refractivity contribution < 1.29 is 9.47 Å². The van der Waals surface area contributed by atoms with Crippen molar-refractivity contribution in [3.8, 4) is 0 Å². The van der Waals surface area contributed by atoms with Crippen LogP contribution >= 0.6 is 0 Å². The minimum atomic E-state index is 0.179. The Labute approximate surface area is 196 Å². The van der Waals surface area contributed by atoms with Gasteiger partial charge in [0.25, 0.3) is 12.0 Å². The van der Waals surface area contributed by atoms with Gasteiger partial charge in [0.15, 0.2) is 0 Å². The number of amidine groups is 2. The Balaban J connectivity index is 0.000000157. The molecule has 0 radical (unpaired) electrons. The van der Waals surface area contributed by atoms with Crippen molar-refractivity contribution >= 4 is 12.0 Å². The van der Waals surface area contributed by atoms with Crippen LogP contribution in [0, 0.1) is 0 Å². The average molecular weight is 450 g/mol. The lowest BCUT2D eigenvalue weighted by Gasteiger charge is -2.22. The number of hydrogen-bond acceptors (Lipinski definition) is 7. The number of nitrogens with zero attached hydrogens (tertiary/aromatic N) is 3. The minimum Gasteiger partial charge on any atom is -0.463 e. The lowest BCUT2D eigenvalue weighted by molar-refractivity contribution is 0.231. The van der Waals surface area contributed by atoms with E-state index in [1.54, 1.807) is 0 Å². The van der Waals surface area contributed by atoms with Gasteiger partial charge in [-0.25, -0.2) is 9.98 Å². The molecule has 2 aromatic rings. The molecule has 0 amide bonds. The number of nitrogens with two attached hydrogens (primary N) is 2. The van der Waals surface area contributed by atoms with Crippen LogP contribution in [0.15, 0.2) is 70.6 Å². The molecule has 1 saturated carbocycles. The Kier molecular flexibility index (Phi) is 7.50. The summed E-state index contributed by atoms with van der Waals surface area (Å²) in [4.78, 5) is 10.9. The second-order valence-electron chi connectivity index (χ2n) is 9.03. The van der Waals surface area contributed by atoms with E-state index in [1.165, 1.54) is 24.0 Å². The van der Waals surface area contributed by atoms with Crippen molar-refractivity contribution in [1.29, 1.82) is 0 Å². The highest BCUT2D eigenvalue weighted by Crippen LogP contribution is 2.52. The Hall–Kier alpha value is -3.06. The molecule has 0 saturated heterocycles. The highest BCUT2D eigenvalue weighted by molar-refractivity contribution is 5.73. The van der Waals surface area contributed by atoms with E-state index in [1.807, 2.05) is 6.07 Å². The summed E-state index contributed by atoms with van der Waals surface area (Å²) in [6, 6.07) is 22.3. The number of ether oxygens (including phenoxy) is 2. The Morgan fingerprint density at radius 1 is 0.879 bits per heavy atom. The number of aliphatic imine (C=N–C) groups is 2. The van der Waals surface area contributed by atoms with Crippen LogP contribution < -0.4 is 11.5 Å². The predicted molar refractivity (Wildman–Crippen MR) is 132 cm³/mol. The molecule has 7 heteroatoms. The van der Waals surface area contributed by atoms with Gasteiger partial charge in [-0.1, -0.05) is 67.6 Å². The van der Waals surface area contributed by atoms with Crippen LogP contribution in [0.25, 0.3) is 0 Å². The zero-order valence-corrected chi connectivity index (χ0v) is 19.4. The van der Waals surface area contributed by atoms with E-state index in [0.29, 0.717) is 30.7 Å². The fourth-order valence-electron chi connectivity index (χ4n) is 4.52. The third-order valence-corrected chi connectivity index (χ3v) is 6.50. The lowest BCUT2D eigenvalue weighted by atomic mass is 9.89. The largest absolute Gasteiger partial charge is 0.463 e. The summed E-state index contributed by atoms with van der Waals surface area (Å²) in [6.45, 7) is 6.26. The second kappa shape index (κ2) is 10.7. The molecule has 2 aromatic carbocycles. The van der Waals surface area contributed by atoms with Gasteiger partial charge in [-0.3, -0.25) is 4.90 Å². The first-order valence-electron chi connectivity index (χ1n) is 11.8. The average Bonchev–Trinajstić information content (AvgIpc) is 3.33. The van der Waals surface area contributed by atoms with Gasteiger partial charge >= 0.3 is 0 Å². The van der Waals surface area contributed by atoms with Crippen LogP contribution in [-0.4, -0.2) is 55.3 Å². The van der Waals surface area contributed by atoms with Crippen LogP contribution in [-0.2, 0) is 21.4 Å². The molecule has 2 aliphatic heterocycles. The molecule has 176 valence electrons. The first kappa shape index (κ1) is 23.1. The molecule has 2 heterocycles. The number of benzene rings is 2. The van der Waals surface area contributed by atoms with Gasteiger partial charge in [0.1, 0.15) is 19.3 Å². The highest BCUT2D eigenvalue weighted by Gasteiger charge is 2.46. The fourth-order valence-corrected chi connectivity index (χ4v) is 4.52. The minimum absolute atomic E-state index is 0.179. The van der Waals surface area contributed by atoms with Gasteiger partial charge < -0.3 is 20.9 Å². The number of hydrogen-bond donors (Lipinski definition) is 2. The maximum Gasteiger partial charge on any atom is 0.282 e. The Bertz CT molecular complexity index is 944. The molecule has 4 N–H and O–H groups in total. The highest BCUT2D eigenvalue weighted by atomic mass is 16.5. The molecule has 1 fully saturated rings. The molecule has 7 nitrogen and oxygen atoms in total. The maximum atomic E-state index is 5.53. The predicted octanol–water partition coefficient (Wildman–Crippen LogP) is 3.04. The van der Waals surface area contributed by atoms with Crippen LogP contribution in [0.5, 0.6) is 0 Å². The van der Waals surface area contributed by atoms with Crippen molar-refractivity contribution in [3.05, 3.63) is 71.8 Å². The first-order valence-corrected chi connectivity index (χ1v) is 11.8. The Morgan fingerprint density at radius 2 is 1.45 bits per heavy atom. The van der Waals surface area contributed by atoms with Crippen molar-refractivity contribution in [3.63, 3.8) is 0 Å². The summed E-state index contributed by atoms with van der Waals surface area (Å²) < 4.78 is 10.4. The summed E-state index contributed by atoms with van der Waals surface area (Å²) >= 11 is 0. The van der Waals surface area contributed by atoms with E-state index in [2.05, 4.69) is 76.4 Å². The van der Waals surface area contributed by atoms with E-state index in [-0.39, 0.29) is 12.1 Å². The molecule has 5 rings (SSSR count). The lowest BCUT2D eigenvalue weighted by Crippen LogP contribution is -2.31. The van der Waals surface area contributed by atoms with Gasteiger partial charge in [0, 0.05) is 13.1 Å². The van der Waals surface area contributed by atoms with E-state index in [4.69, 9.17) is 20.9 Å². The van der Waals surface area contributed by atoms with Gasteiger partial charge in [-0.15, -0.1) is 0 Å². The molecular formula is C26H35N5O2. The molecule has 0 bridgehead atoms. The van der Waals surface area contributed by atoms with E-state index >= 15 is 0 Å². The maximum absolute atomic E-state index is 5.53. The molecule has 0 unspecified atom stereocenters. The van der Waals surface area contributed by atoms with Crippen molar-refractivity contribution in [2.24, 2.45) is 21.5 Å². The van der Waals surface area contributed by atoms with E-state index in [0.717, 1.165) is 26.1 Å². The van der Waals surface area contributed by atoms with Gasteiger partial charge in [-0.2, -0.15) is 0 Å². The summed E-state index contributed by atoms with van der Waals surface area (Å²) in [5, 5.41) is 0. The zero-order valence-electron chi connectivity index (χ0n) is 19.4. The quantitative estimate of drug-likeness (QED) is 0.645. The van der Waals surface area contributed by atoms with Crippen LogP contribution in [0.3, 0.4) is 0 Å². The third kappa shape index (κ3) is 6.48. The molecule has 33 heavy (non-hydrogen) atoms. The summed E-state index contributed by atoms with van der Waals surface area (Å²) in [5.41, 5.74) is 14.2. The first-order chi connectivity index (χ1) is 16.1. The second-order valence-corrected chi connectivity index (χ2v) is 9.03. The summed E-state index contributed by atoms with van der Waals surface area (Å²) in [6.07, 6.45) is 3.60. The van der Waals surface area contributed by atoms with Gasteiger partial charge in [-0.05, 0) is 42.3 Å². The van der Waals surface area contributed by atoms with Crippen LogP contribution in [0.2, 0.25) is 0 Å². The molecule has 1 aliphatic carbocycles. The topological polar surface area (TPSA) is 98.5 Å². The zero-order chi connectivity index (χ0) is 23.1. The van der Waals surface area contributed by atoms with E-state index in [9.17, 15) is 0 Å². The normalized spacial score (nSPS) is 22.5. The van der Waals surface area contributed by atoms with Gasteiger partial charge in [0.05, 0.1) is 6.04 Å². The SMILES string of the molecule is CCN(Cc1ccccc1)C[C@H]1COC(N)=N1.NC1=N[C@@H](CC2(c3ccccc3)CC2)CO1. The molecule has 0 spiro atoms.